The fourth-order valence-corrected chi connectivity index (χ4v) is 2.73. The number of carbonyl (C=O) groups is 1. The number of rotatable bonds is 3. The van der Waals surface area contributed by atoms with Crippen molar-refractivity contribution in [3.05, 3.63) is 29.6 Å². The third-order valence-corrected chi connectivity index (χ3v) is 4.05. The van der Waals surface area contributed by atoms with Crippen LogP contribution in [-0.4, -0.2) is 12.5 Å². The Bertz CT molecular complexity index is 461. The summed E-state index contributed by atoms with van der Waals surface area (Å²) in [5, 5.41) is 2.83. The Labute approximate surface area is 113 Å². The van der Waals surface area contributed by atoms with Gasteiger partial charge in [0.25, 0.3) is 5.91 Å². The van der Waals surface area contributed by atoms with Crippen LogP contribution in [0.15, 0.2) is 18.2 Å². The van der Waals surface area contributed by atoms with E-state index in [0.717, 1.165) is 6.42 Å². The molecule has 104 valence electrons. The molecule has 0 aliphatic heterocycles. The van der Waals surface area contributed by atoms with Crippen molar-refractivity contribution in [2.45, 2.75) is 32.6 Å². The quantitative estimate of drug-likeness (QED) is 0.825. The molecule has 0 spiro atoms. The zero-order valence-electron chi connectivity index (χ0n) is 11.3. The van der Waals surface area contributed by atoms with Gasteiger partial charge in [-0.1, -0.05) is 26.2 Å². The summed E-state index contributed by atoms with van der Waals surface area (Å²) in [7, 11) is 0. The van der Waals surface area contributed by atoms with Gasteiger partial charge in [-0.25, -0.2) is 4.39 Å². The van der Waals surface area contributed by atoms with Gasteiger partial charge >= 0.3 is 0 Å². The number of carbonyl (C=O) groups excluding carboxylic acids is 1. The number of hydrogen-bond acceptors (Lipinski definition) is 2. The first-order valence-electron chi connectivity index (χ1n) is 6.91. The summed E-state index contributed by atoms with van der Waals surface area (Å²) in [4.78, 5) is 12.0. The van der Waals surface area contributed by atoms with Gasteiger partial charge in [0.15, 0.2) is 0 Å². The number of anilines is 1. The van der Waals surface area contributed by atoms with Gasteiger partial charge in [0.2, 0.25) is 0 Å². The van der Waals surface area contributed by atoms with Crippen LogP contribution >= 0.6 is 0 Å². The summed E-state index contributed by atoms with van der Waals surface area (Å²) in [6.07, 6.45) is 4.85. The van der Waals surface area contributed by atoms with Crippen LogP contribution in [0.25, 0.3) is 0 Å². The highest BCUT2D eigenvalue weighted by Gasteiger charge is 2.22. The third-order valence-electron chi connectivity index (χ3n) is 4.05. The van der Waals surface area contributed by atoms with Crippen LogP contribution < -0.4 is 11.1 Å². The molecule has 3 N–H and O–H groups in total. The Hall–Kier alpha value is -1.58. The molecular formula is C15H21FN2O. The molecule has 0 saturated heterocycles. The summed E-state index contributed by atoms with van der Waals surface area (Å²) in [6.45, 7) is 2.84. The molecule has 1 aromatic carbocycles. The highest BCUT2D eigenvalue weighted by atomic mass is 19.1. The minimum atomic E-state index is -0.525. The van der Waals surface area contributed by atoms with E-state index in [2.05, 4.69) is 12.2 Å². The molecule has 1 amide bonds. The summed E-state index contributed by atoms with van der Waals surface area (Å²) < 4.78 is 13.5. The molecule has 4 heteroatoms. The van der Waals surface area contributed by atoms with Crippen molar-refractivity contribution in [3.63, 3.8) is 0 Å². The maximum atomic E-state index is 13.5. The maximum Gasteiger partial charge on any atom is 0.254 e. The minimum absolute atomic E-state index is 0.0310. The van der Waals surface area contributed by atoms with Crippen molar-refractivity contribution in [1.29, 1.82) is 0 Å². The second-order valence-electron chi connectivity index (χ2n) is 5.47. The van der Waals surface area contributed by atoms with Gasteiger partial charge in [-0.05, 0) is 36.5 Å². The van der Waals surface area contributed by atoms with Gasteiger partial charge in [0.05, 0.1) is 5.56 Å². The van der Waals surface area contributed by atoms with Gasteiger partial charge in [0.1, 0.15) is 5.82 Å². The lowest BCUT2D eigenvalue weighted by molar-refractivity contribution is 0.0932. The van der Waals surface area contributed by atoms with Crippen LogP contribution in [0, 0.1) is 17.7 Å². The molecule has 0 radical (unpaired) electrons. The maximum absolute atomic E-state index is 13.5. The fourth-order valence-electron chi connectivity index (χ4n) is 2.73. The van der Waals surface area contributed by atoms with Crippen LogP contribution in [0.1, 0.15) is 43.0 Å². The first-order valence-corrected chi connectivity index (χ1v) is 6.91. The lowest BCUT2D eigenvalue weighted by atomic mass is 9.80. The van der Waals surface area contributed by atoms with E-state index in [0.29, 0.717) is 24.1 Å². The Morgan fingerprint density at radius 2 is 2.16 bits per heavy atom. The van der Waals surface area contributed by atoms with Crippen LogP contribution in [0.3, 0.4) is 0 Å². The number of benzene rings is 1. The molecule has 1 aromatic rings. The molecule has 0 aromatic heterocycles. The normalized spacial score (nSPS) is 23.1. The zero-order valence-corrected chi connectivity index (χ0v) is 11.3. The monoisotopic (exact) mass is 264 g/mol. The molecule has 1 aliphatic rings. The van der Waals surface area contributed by atoms with Gasteiger partial charge in [-0.15, -0.1) is 0 Å². The molecule has 1 saturated carbocycles. The van der Waals surface area contributed by atoms with Crippen LogP contribution in [0.5, 0.6) is 0 Å². The molecular weight excluding hydrogens is 243 g/mol. The summed E-state index contributed by atoms with van der Waals surface area (Å²) in [5.41, 5.74) is 6.01. The van der Waals surface area contributed by atoms with E-state index in [1.165, 1.54) is 37.5 Å². The lowest BCUT2D eigenvalue weighted by Gasteiger charge is -2.28. The Kier molecular flexibility index (Phi) is 4.40. The second kappa shape index (κ2) is 6.04. The zero-order chi connectivity index (χ0) is 13.8. The number of nitrogen functional groups attached to an aromatic ring is 1. The number of hydrogen-bond donors (Lipinski definition) is 2. The predicted molar refractivity (Wildman–Crippen MR) is 74.3 cm³/mol. The van der Waals surface area contributed by atoms with Crippen LogP contribution in [0.4, 0.5) is 10.1 Å². The van der Waals surface area contributed by atoms with Gasteiger partial charge in [0, 0.05) is 12.2 Å². The number of halogens is 1. The van der Waals surface area contributed by atoms with E-state index in [9.17, 15) is 9.18 Å². The summed E-state index contributed by atoms with van der Waals surface area (Å²) in [6, 6.07) is 4.07. The average molecular weight is 264 g/mol. The van der Waals surface area contributed by atoms with Crippen molar-refractivity contribution in [2.75, 3.05) is 12.3 Å². The van der Waals surface area contributed by atoms with Crippen molar-refractivity contribution >= 4 is 11.6 Å². The second-order valence-corrected chi connectivity index (χ2v) is 5.47. The van der Waals surface area contributed by atoms with Crippen molar-refractivity contribution < 1.29 is 9.18 Å². The molecule has 2 unspecified atom stereocenters. The van der Waals surface area contributed by atoms with Crippen molar-refractivity contribution in [3.8, 4) is 0 Å². The smallest absolute Gasteiger partial charge is 0.254 e. The largest absolute Gasteiger partial charge is 0.399 e. The molecule has 1 fully saturated rings. The third kappa shape index (κ3) is 3.46. The number of nitrogens with two attached hydrogens (primary N) is 1. The molecule has 0 bridgehead atoms. The van der Waals surface area contributed by atoms with Crippen LogP contribution in [0.2, 0.25) is 0 Å². The first kappa shape index (κ1) is 13.8. The summed E-state index contributed by atoms with van der Waals surface area (Å²) >= 11 is 0. The van der Waals surface area contributed by atoms with Crippen molar-refractivity contribution in [1.82, 2.24) is 5.32 Å². The van der Waals surface area contributed by atoms with E-state index in [4.69, 9.17) is 5.73 Å². The topological polar surface area (TPSA) is 55.1 Å². The molecule has 0 heterocycles. The predicted octanol–water partition coefficient (Wildman–Crippen LogP) is 2.96. The van der Waals surface area contributed by atoms with E-state index in [1.54, 1.807) is 0 Å². The van der Waals surface area contributed by atoms with E-state index < -0.39 is 5.82 Å². The Balaban J connectivity index is 1.95. The summed E-state index contributed by atoms with van der Waals surface area (Å²) in [5.74, 6) is 0.229. The fraction of sp³-hybridized carbons (Fsp3) is 0.533. The average Bonchev–Trinajstić information content (AvgIpc) is 2.40. The van der Waals surface area contributed by atoms with Crippen molar-refractivity contribution in [2.24, 2.45) is 11.8 Å². The first-order chi connectivity index (χ1) is 9.08. The minimum Gasteiger partial charge on any atom is -0.399 e. The number of amides is 1. The lowest BCUT2D eigenvalue weighted by Crippen LogP contribution is -2.33. The van der Waals surface area contributed by atoms with Crippen LogP contribution in [-0.2, 0) is 0 Å². The van der Waals surface area contributed by atoms with E-state index >= 15 is 0 Å². The molecule has 1 aliphatic carbocycles. The highest BCUT2D eigenvalue weighted by molar-refractivity contribution is 5.95. The highest BCUT2D eigenvalue weighted by Crippen LogP contribution is 2.28. The van der Waals surface area contributed by atoms with Gasteiger partial charge < -0.3 is 11.1 Å². The molecule has 19 heavy (non-hydrogen) atoms. The van der Waals surface area contributed by atoms with E-state index in [1.807, 2.05) is 0 Å². The molecule has 2 atom stereocenters. The van der Waals surface area contributed by atoms with Gasteiger partial charge in [-0.3, -0.25) is 4.79 Å². The van der Waals surface area contributed by atoms with Gasteiger partial charge in [-0.2, -0.15) is 0 Å². The standard InChI is InChI=1S/C15H21FN2O/c1-10-4-2-3-5-11(10)9-18-15(19)13-8-12(17)6-7-14(13)16/h6-8,10-11H,2-5,9,17H2,1H3,(H,18,19). The molecule has 3 nitrogen and oxygen atoms in total. The SMILES string of the molecule is CC1CCCCC1CNC(=O)c1cc(N)ccc1F. The molecule has 2 rings (SSSR count). The number of nitrogens with one attached hydrogen (secondary N) is 1. The Morgan fingerprint density at radius 1 is 1.42 bits per heavy atom. The Morgan fingerprint density at radius 3 is 2.89 bits per heavy atom. The van der Waals surface area contributed by atoms with E-state index in [-0.39, 0.29) is 11.5 Å².